The Kier molecular flexibility index (Phi) is 5.90. The highest BCUT2D eigenvalue weighted by atomic mass is 32.2. The van der Waals surface area contributed by atoms with E-state index in [0.29, 0.717) is 10.7 Å². The Morgan fingerprint density at radius 1 is 1.11 bits per heavy atom. The highest BCUT2D eigenvalue weighted by Gasteiger charge is 2.21. The largest absolute Gasteiger partial charge is 0.497 e. The van der Waals surface area contributed by atoms with E-state index in [1.54, 1.807) is 49.6 Å². The fraction of sp³-hybridized carbons (Fsp3) is 0.167. The number of amides is 1. The number of aromatic nitrogens is 2. The van der Waals surface area contributed by atoms with Crippen LogP contribution in [0.1, 0.15) is 0 Å². The van der Waals surface area contributed by atoms with Gasteiger partial charge in [-0.25, -0.2) is 8.42 Å². The van der Waals surface area contributed by atoms with Crippen LogP contribution in [0.25, 0.3) is 10.6 Å². The van der Waals surface area contributed by atoms with Crippen molar-refractivity contribution in [2.45, 2.75) is 0 Å². The molecule has 8 nitrogen and oxygen atoms in total. The number of rotatable bonds is 7. The first kappa shape index (κ1) is 19.8. The van der Waals surface area contributed by atoms with Crippen LogP contribution < -0.4 is 14.4 Å². The van der Waals surface area contributed by atoms with E-state index >= 15 is 0 Å². The molecule has 0 radical (unpaired) electrons. The second kappa shape index (κ2) is 8.36. The average Bonchev–Trinajstić information content (AvgIpc) is 3.14. The third-order valence-electron chi connectivity index (χ3n) is 3.74. The monoisotopic (exact) mass is 418 g/mol. The first-order valence-electron chi connectivity index (χ1n) is 8.17. The van der Waals surface area contributed by atoms with Gasteiger partial charge in [-0.2, -0.15) is 0 Å². The van der Waals surface area contributed by atoms with E-state index in [4.69, 9.17) is 4.74 Å². The standard InChI is InChI=1S/C18H18N4O4S2/c1-26-15-10-8-13(9-11-15)17-20-21-18(27-17)19-16(23)12-22(28(2,24)25)14-6-4-3-5-7-14/h3-11H,12H2,1-2H3,(H,19,21,23). The Hall–Kier alpha value is -2.98. The van der Waals surface area contributed by atoms with Gasteiger partial charge < -0.3 is 4.74 Å². The third kappa shape index (κ3) is 4.84. The molecule has 0 bridgehead atoms. The van der Waals surface area contributed by atoms with E-state index in [1.807, 2.05) is 12.1 Å². The summed E-state index contributed by atoms with van der Waals surface area (Å²) in [6.45, 7) is -0.361. The van der Waals surface area contributed by atoms with E-state index < -0.39 is 15.9 Å². The van der Waals surface area contributed by atoms with Crippen LogP contribution in [0, 0.1) is 0 Å². The van der Waals surface area contributed by atoms with Crippen LogP contribution in [-0.2, 0) is 14.8 Å². The molecule has 0 fully saturated rings. The second-order valence-corrected chi connectivity index (χ2v) is 8.68. The lowest BCUT2D eigenvalue weighted by Crippen LogP contribution is -2.37. The summed E-state index contributed by atoms with van der Waals surface area (Å²) in [5.41, 5.74) is 1.25. The van der Waals surface area contributed by atoms with Crippen LogP contribution in [0.5, 0.6) is 5.75 Å². The molecule has 0 unspecified atom stereocenters. The Morgan fingerprint density at radius 2 is 1.79 bits per heavy atom. The molecule has 0 aliphatic rings. The van der Waals surface area contributed by atoms with Gasteiger partial charge in [-0.05, 0) is 36.4 Å². The van der Waals surface area contributed by atoms with Crippen LogP contribution in [-0.4, -0.2) is 44.4 Å². The summed E-state index contributed by atoms with van der Waals surface area (Å²) in [7, 11) is -2.04. The number of benzene rings is 2. The average molecular weight is 419 g/mol. The zero-order valence-corrected chi connectivity index (χ0v) is 16.8. The van der Waals surface area contributed by atoms with Gasteiger partial charge in [0.2, 0.25) is 21.1 Å². The molecule has 0 aliphatic carbocycles. The van der Waals surface area contributed by atoms with Gasteiger partial charge in [0.05, 0.1) is 19.1 Å². The van der Waals surface area contributed by atoms with E-state index in [9.17, 15) is 13.2 Å². The Labute approximate surface area is 166 Å². The highest BCUT2D eigenvalue weighted by Crippen LogP contribution is 2.27. The molecule has 2 aromatic carbocycles. The topological polar surface area (TPSA) is 101 Å². The van der Waals surface area contributed by atoms with Crippen molar-refractivity contribution < 1.29 is 17.9 Å². The van der Waals surface area contributed by atoms with Crippen molar-refractivity contribution in [1.29, 1.82) is 0 Å². The maximum Gasteiger partial charge on any atom is 0.246 e. The van der Waals surface area contributed by atoms with Crippen molar-refractivity contribution in [1.82, 2.24) is 10.2 Å². The zero-order chi connectivity index (χ0) is 20.1. The van der Waals surface area contributed by atoms with Gasteiger partial charge in [0.25, 0.3) is 0 Å². The van der Waals surface area contributed by atoms with E-state index in [0.717, 1.165) is 21.9 Å². The Morgan fingerprint density at radius 3 is 2.39 bits per heavy atom. The minimum atomic E-state index is -3.62. The number of nitrogens with one attached hydrogen (secondary N) is 1. The van der Waals surface area contributed by atoms with Crippen molar-refractivity contribution in [3.63, 3.8) is 0 Å². The lowest BCUT2D eigenvalue weighted by Gasteiger charge is -2.21. The number of methoxy groups -OCH3 is 1. The molecule has 1 N–H and O–H groups in total. The number of para-hydroxylation sites is 1. The molecule has 3 aromatic rings. The van der Waals surface area contributed by atoms with Gasteiger partial charge in [-0.3, -0.25) is 14.4 Å². The van der Waals surface area contributed by atoms with Gasteiger partial charge in [0, 0.05) is 5.56 Å². The smallest absolute Gasteiger partial charge is 0.246 e. The van der Waals surface area contributed by atoms with Crippen LogP contribution in [0.15, 0.2) is 54.6 Å². The van der Waals surface area contributed by atoms with Crippen molar-refractivity contribution in [2.75, 3.05) is 29.5 Å². The number of hydrogen-bond acceptors (Lipinski definition) is 7. The fourth-order valence-electron chi connectivity index (χ4n) is 2.41. The number of anilines is 2. The molecule has 0 saturated carbocycles. The lowest BCUT2D eigenvalue weighted by molar-refractivity contribution is -0.114. The normalized spacial score (nSPS) is 11.1. The van der Waals surface area contributed by atoms with Crippen molar-refractivity contribution in [3.8, 4) is 16.3 Å². The zero-order valence-electron chi connectivity index (χ0n) is 15.2. The SMILES string of the molecule is COc1ccc(-c2nnc(NC(=O)CN(c3ccccc3)S(C)(=O)=O)s2)cc1. The first-order valence-corrected chi connectivity index (χ1v) is 10.8. The first-order chi connectivity index (χ1) is 13.4. The summed E-state index contributed by atoms with van der Waals surface area (Å²) in [5, 5.41) is 11.5. The summed E-state index contributed by atoms with van der Waals surface area (Å²) in [4.78, 5) is 12.4. The molecule has 10 heteroatoms. The molecule has 0 aliphatic heterocycles. The number of carbonyl (C=O) groups excluding carboxylic acids is 1. The number of carbonyl (C=O) groups is 1. The maximum atomic E-state index is 12.4. The number of ether oxygens (including phenoxy) is 1. The Bertz CT molecular complexity index is 1050. The quantitative estimate of drug-likeness (QED) is 0.633. The maximum absolute atomic E-state index is 12.4. The van der Waals surface area contributed by atoms with Gasteiger partial charge in [-0.1, -0.05) is 29.5 Å². The molecule has 0 atom stereocenters. The molecule has 0 spiro atoms. The molecule has 1 heterocycles. The molecular weight excluding hydrogens is 400 g/mol. The van der Waals surface area contributed by atoms with Gasteiger partial charge in [-0.15, -0.1) is 10.2 Å². The molecule has 28 heavy (non-hydrogen) atoms. The second-order valence-electron chi connectivity index (χ2n) is 5.79. The molecular formula is C18H18N4O4S2. The van der Waals surface area contributed by atoms with Crippen molar-refractivity contribution in [2.24, 2.45) is 0 Å². The number of nitrogens with zero attached hydrogens (tertiary/aromatic N) is 3. The summed E-state index contributed by atoms with van der Waals surface area (Å²) >= 11 is 1.20. The molecule has 1 amide bonds. The van der Waals surface area contributed by atoms with Crippen LogP contribution in [0.2, 0.25) is 0 Å². The van der Waals surface area contributed by atoms with Gasteiger partial charge in [0.15, 0.2) is 0 Å². The minimum absolute atomic E-state index is 0.289. The van der Waals surface area contributed by atoms with Crippen molar-refractivity contribution in [3.05, 3.63) is 54.6 Å². The summed E-state index contributed by atoms with van der Waals surface area (Å²) < 4.78 is 30.3. The van der Waals surface area contributed by atoms with Crippen molar-refractivity contribution >= 4 is 38.1 Å². The van der Waals surface area contributed by atoms with E-state index in [-0.39, 0.29) is 11.7 Å². The van der Waals surface area contributed by atoms with Gasteiger partial charge in [0.1, 0.15) is 17.3 Å². The highest BCUT2D eigenvalue weighted by molar-refractivity contribution is 7.92. The predicted molar refractivity (Wildman–Crippen MR) is 109 cm³/mol. The fourth-order valence-corrected chi connectivity index (χ4v) is 4.03. The predicted octanol–water partition coefficient (Wildman–Crippen LogP) is 2.62. The van der Waals surface area contributed by atoms with E-state index in [2.05, 4.69) is 15.5 Å². The van der Waals surface area contributed by atoms with Gasteiger partial charge >= 0.3 is 0 Å². The van der Waals surface area contributed by atoms with Crippen LogP contribution in [0.4, 0.5) is 10.8 Å². The lowest BCUT2D eigenvalue weighted by atomic mass is 10.2. The Balaban J connectivity index is 1.71. The minimum Gasteiger partial charge on any atom is -0.497 e. The number of hydrogen-bond donors (Lipinski definition) is 1. The molecule has 3 rings (SSSR count). The molecule has 1 aromatic heterocycles. The van der Waals surface area contributed by atoms with E-state index in [1.165, 1.54) is 11.3 Å². The summed E-state index contributed by atoms with van der Waals surface area (Å²) in [6, 6.07) is 15.7. The molecule has 0 saturated heterocycles. The summed E-state index contributed by atoms with van der Waals surface area (Å²) in [5.74, 6) is 0.218. The number of sulfonamides is 1. The van der Waals surface area contributed by atoms with Crippen LogP contribution >= 0.6 is 11.3 Å². The summed E-state index contributed by atoms with van der Waals surface area (Å²) in [6.07, 6.45) is 1.06. The third-order valence-corrected chi connectivity index (χ3v) is 5.77. The van der Waals surface area contributed by atoms with Crippen LogP contribution in [0.3, 0.4) is 0 Å². The molecule has 146 valence electrons.